The maximum atomic E-state index is 12.9. The molecule has 14 heteroatoms. The van der Waals surface area contributed by atoms with Crippen LogP contribution < -0.4 is 14.8 Å². The summed E-state index contributed by atoms with van der Waals surface area (Å²) in [5, 5.41) is 24.3. The molecule has 184 valence electrons. The fourth-order valence-electron chi connectivity index (χ4n) is 3.40. The summed E-state index contributed by atoms with van der Waals surface area (Å²) in [5.41, 5.74) is -4.77. The average Bonchev–Trinajstić information content (AvgIpc) is 2.69. The van der Waals surface area contributed by atoms with Gasteiger partial charge in [-0.05, 0) is 44.2 Å². The number of ether oxygens (including phenoxy) is 2. The van der Waals surface area contributed by atoms with Crippen molar-refractivity contribution >= 4 is 11.6 Å². The Morgan fingerprint density at radius 3 is 2.35 bits per heavy atom. The zero-order chi connectivity index (χ0) is 25.6. The lowest BCUT2D eigenvalue weighted by Crippen LogP contribution is -2.53. The zero-order valence-corrected chi connectivity index (χ0v) is 17.3. The molecule has 0 aromatic heterocycles. The molecular formula is C20H16F6N2O6. The SMILES string of the molecule is CC1(C)Oc2ccc(OC(F)(F)F)cc2C(NC(=O)c2ccc(C(F)(F)F)cc2[N+](=O)[O-])C1O. The molecule has 1 aliphatic heterocycles. The number of halogens is 6. The molecule has 1 heterocycles. The van der Waals surface area contributed by atoms with Crippen molar-refractivity contribution in [2.24, 2.45) is 0 Å². The third-order valence-corrected chi connectivity index (χ3v) is 5.00. The van der Waals surface area contributed by atoms with Gasteiger partial charge in [0, 0.05) is 11.6 Å². The van der Waals surface area contributed by atoms with Crippen LogP contribution >= 0.6 is 0 Å². The molecule has 2 N–H and O–H groups in total. The van der Waals surface area contributed by atoms with Crippen LogP contribution in [0.15, 0.2) is 36.4 Å². The van der Waals surface area contributed by atoms with E-state index in [2.05, 4.69) is 10.1 Å². The Bertz CT molecular complexity index is 1130. The largest absolute Gasteiger partial charge is 0.573 e. The Labute approximate surface area is 187 Å². The summed E-state index contributed by atoms with van der Waals surface area (Å²) in [7, 11) is 0. The van der Waals surface area contributed by atoms with Crippen LogP contribution in [0.1, 0.15) is 41.4 Å². The summed E-state index contributed by atoms with van der Waals surface area (Å²) in [5.74, 6) is -1.95. The van der Waals surface area contributed by atoms with Gasteiger partial charge in [0.25, 0.3) is 11.6 Å². The van der Waals surface area contributed by atoms with Crippen molar-refractivity contribution in [3.05, 3.63) is 63.2 Å². The lowest BCUT2D eigenvalue weighted by molar-refractivity contribution is -0.385. The number of benzene rings is 2. The Kier molecular flexibility index (Phi) is 6.15. The van der Waals surface area contributed by atoms with E-state index in [0.717, 1.165) is 18.2 Å². The molecule has 34 heavy (non-hydrogen) atoms. The normalized spacial score (nSPS) is 19.6. The van der Waals surface area contributed by atoms with Gasteiger partial charge in [-0.15, -0.1) is 13.2 Å². The summed E-state index contributed by atoms with van der Waals surface area (Å²) < 4.78 is 86.1. The van der Waals surface area contributed by atoms with Crippen molar-refractivity contribution in [2.45, 2.75) is 44.1 Å². The minimum atomic E-state index is -5.04. The molecule has 0 bridgehead atoms. The van der Waals surface area contributed by atoms with Crippen molar-refractivity contribution in [2.75, 3.05) is 0 Å². The number of amides is 1. The van der Waals surface area contributed by atoms with Gasteiger partial charge in [-0.3, -0.25) is 14.9 Å². The van der Waals surface area contributed by atoms with E-state index in [1.807, 2.05) is 0 Å². The van der Waals surface area contributed by atoms with Gasteiger partial charge in [0.05, 0.1) is 16.5 Å². The number of aliphatic hydroxyl groups excluding tert-OH is 1. The summed E-state index contributed by atoms with van der Waals surface area (Å²) in [4.78, 5) is 22.9. The number of nitro benzene ring substituents is 1. The molecule has 2 aromatic rings. The molecule has 1 aliphatic rings. The summed E-state index contributed by atoms with van der Waals surface area (Å²) in [6.07, 6.45) is -11.5. The number of carbonyl (C=O) groups excluding carboxylic acids is 1. The summed E-state index contributed by atoms with van der Waals surface area (Å²) >= 11 is 0. The van der Waals surface area contributed by atoms with Crippen LogP contribution in [0.5, 0.6) is 11.5 Å². The minimum Gasteiger partial charge on any atom is -0.485 e. The van der Waals surface area contributed by atoms with Crippen LogP contribution in [0.3, 0.4) is 0 Å². The van der Waals surface area contributed by atoms with E-state index in [9.17, 15) is 46.4 Å². The molecule has 2 unspecified atom stereocenters. The highest BCUT2D eigenvalue weighted by Gasteiger charge is 2.45. The van der Waals surface area contributed by atoms with Gasteiger partial charge in [0.15, 0.2) is 0 Å². The highest BCUT2D eigenvalue weighted by atomic mass is 19.4. The number of hydrogen-bond acceptors (Lipinski definition) is 6. The van der Waals surface area contributed by atoms with E-state index in [-0.39, 0.29) is 17.4 Å². The first-order chi connectivity index (χ1) is 15.5. The van der Waals surface area contributed by atoms with Crippen molar-refractivity contribution < 1.29 is 50.6 Å². The first-order valence-corrected chi connectivity index (χ1v) is 9.43. The second-order valence-corrected chi connectivity index (χ2v) is 7.84. The van der Waals surface area contributed by atoms with E-state index in [0.29, 0.717) is 12.1 Å². The first-order valence-electron chi connectivity index (χ1n) is 9.43. The first kappa shape index (κ1) is 25.1. The second-order valence-electron chi connectivity index (χ2n) is 7.84. The quantitative estimate of drug-likeness (QED) is 0.368. The summed E-state index contributed by atoms with van der Waals surface area (Å²) in [6.45, 7) is 2.83. The third-order valence-electron chi connectivity index (χ3n) is 5.00. The number of alkyl halides is 6. The number of fused-ring (bicyclic) bond motifs is 1. The topological polar surface area (TPSA) is 111 Å². The second kappa shape index (κ2) is 8.34. The smallest absolute Gasteiger partial charge is 0.485 e. The summed E-state index contributed by atoms with van der Waals surface area (Å²) in [6, 6.07) is 2.71. The molecule has 8 nitrogen and oxygen atoms in total. The van der Waals surface area contributed by atoms with Crippen molar-refractivity contribution in [1.82, 2.24) is 5.32 Å². The minimum absolute atomic E-state index is 0.0166. The van der Waals surface area contributed by atoms with Gasteiger partial charge < -0.3 is 19.9 Å². The average molecular weight is 494 g/mol. The van der Waals surface area contributed by atoms with Crippen molar-refractivity contribution in [3.8, 4) is 11.5 Å². The Morgan fingerprint density at radius 1 is 1.15 bits per heavy atom. The molecule has 1 amide bonds. The third kappa shape index (κ3) is 5.16. The number of aliphatic hydroxyl groups is 1. The number of carbonyl (C=O) groups is 1. The molecule has 2 aromatic carbocycles. The lowest BCUT2D eigenvalue weighted by Gasteiger charge is -2.42. The fourth-order valence-corrected chi connectivity index (χ4v) is 3.40. The highest BCUT2D eigenvalue weighted by molar-refractivity contribution is 5.98. The fraction of sp³-hybridized carbons (Fsp3) is 0.350. The van der Waals surface area contributed by atoms with E-state index < -0.39 is 63.7 Å². The maximum Gasteiger partial charge on any atom is 0.573 e. The molecule has 0 saturated heterocycles. The number of nitrogens with zero attached hydrogens (tertiary/aromatic N) is 1. The number of hydrogen-bond donors (Lipinski definition) is 2. The van der Waals surface area contributed by atoms with Crippen LogP contribution in [0.2, 0.25) is 0 Å². The van der Waals surface area contributed by atoms with Gasteiger partial charge in [-0.25, -0.2) is 0 Å². The van der Waals surface area contributed by atoms with Crippen LogP contribution in [-0.2, 0) is 6.18 Å². The Morgan fingerprint density at radius 2 is 1.79 bits per heavy atom. The van der Waals surface area contributed by atoms with Gasteiger partial charge >= 0.3 is 12.5 Å². The van der Waals surface area contributed by atoms with Crippen LogP contribution in [0.4, 0.5) is 32.0 Å². The highest BCUT2D eigenvalue weighted by Crippen LogP contribution is 2.42. The molecule has 2 atom stereocenters. The number of nitrogens with one attached hydrogen (secondary N) is 1. The van der Waals surface area contributed by atoms with E-state index in [1.54, 1.807) is 0 Å². The maximum absolute atomic E-state index is 12.9. The van der Waals surface area contributed by atoms with Crippen LogP contribution in [-0.4, -0.2) is 34.0 Å². The van der Waals surface area contributed by atoms with E-state index >= 15 is 0 Å². The molecule has 0 aliphatic carbocycles. The predicted octanol–water partition coefficient (Wildman–Crippen LogP) is 4.52. The standard InChI is InChI=1S/C20H16F6N2O6/c1-18(2)16(29)15(12-8-10(33-20(24,25)26)4-6-14(12)34-18)27-17(30)11-5-3-9(19(21,22)23)7-13(11)28(31)32/h3-8,15-16,29H,1-2H3,(H,27,30). The molecular weight excluding hydrogens is 478 g/mol. The molecule has 0 saturated carbocycles. The van der Waals surface area contributed by atoms with Crippen LogP contribution in [0, 0.1) is 10.1 Å². The monoisotopic (exact) mass is 494 g/mol. The molecule has 3 rings (SSSR count). The van der Waals surface area contributed by atoms with Crippen molar-refractivity contribution in [3.63, 3.8) is 0 Å². The number of nitro groups is 1. The predicted molar refractivity (Wildman–Crippen MR) is 102 cm³/mol. The van der Waals surface area contributed by atoms with Gasteiger partial charge in [0.2, 0.25) is 0 Å². The Balaban J connectivity index is 2.02. The van der Waals surface area contributed by atoms with Gasteiger partial charge in [0.1, 0.15) is 28.8 Å². The Hall–Kier alpha value is -3.55. The van der Waals surface area contributed by atoms with E-state index in [1.165, 1.54) is 13.8 Å². The van der Waals surface area contributed by atoms with Crippen LogP contribution in [0.25, 0.3) is 0 Å². The van der Waals surface area contributed by atoms with Gasteiger partial charge in [-0.1, -0.05) is 0 Å². The zero-order valence-electron chi connectivity index (χ0n) is 17.3. The van der Waals surface area contributed by atoms with Crippen molar-refractivity contribution in [1.29, 1.82) is 0 Å². The van der Waals surface area contributed by atoms with Gasteiger partial charge in [-0.2, -0.15) is 13.2 Å². The van der Waals surface area contributed by atoms with E-state index in [4.69, 9.17) is 4.74 Å². The molecule has 0 radical (unpaired) electrons. The molecule has 0 fully saturated rings. The number of rotatable bonds is 4. The molecule has 0 spiro atoms. The lowest BCUT2D eigenvalue weighted by atomic mass is 9.86.